The number of carbonyl (C=O) groups excluding carboxylic acids is 1. The SMILES string of the molecule is O=C(NC(C(=O)O)C1CC1)c1cnc(Cl)c2ccccc12. The highest BCUT2D eigenvalue weighted by Crippen LogP contribution is 2.33. The molecule has 0 aliphatic heterocycles. The summed E-state index contributed by atoms with van der Waals surface area (Å²) in [5, 5.41) is 13.4. The van der Waals surface area contributed by atoms with E-state index < -0.39 is 17.9 Å². The third-order valence-corrected chi connectivity index (χ3v) is 3.94. The molecule has 1 aliphatic rings. The molecule has 0 spiro atoms. The lowest BCUT2D eigenvalue weighted by Crippen LogP contribution is -2.42. The van der Waals surface area contributed by atoms with Gasteiger partial charge in [-0.1, -0.05) is 35.9 Å². The standard InChI is InChI=1S/C15H13ClN2O3/c16-13-10-4-2-1-3-9(10)11(7-17-13)14(19)18-12(15(20)21)8-5-6-8/h1-4,7-8,12H,5-6H2,(H,18,19)(H,20,21). The van der Waals surface area contributed by atoms with Gasteiger partial charge in [-0.3, -0.25) is 4.79 Å². The molecule has 3 rings (SSSR count). The lowest BCUT2D eigenvalue weighted by Gasteiger charge is -2.14. The largest absolute Gasteiger partial charge is 0.480 e. The van der Waals surface area contributed by atoms with Crippen molar-refractivity contribution >= 4 is 34.2 Å². The molecule has 0 radical (unpaired) electrons. The van der Waals surface area contributed by atoms with Crippen molar-refractivity contribution in [3.63, 3.8) is 0 Å². The second-order valence-electron chi connectivity index (χ2n) is 5.14. The summed E-state index contributed by atoms with van der Waals surface area (Å²) in [5.41, 5.74) is 0.335. The summed E-state index contributed by atoms with van der Waals surface area (Å²) < 4.78 is 0. The van der Waals surface area contributed by atoms with Crippen LogP contribution in [-0.4, -0.2) is 28.0 Å². The van der Waals surface area contributed by atoms with Crippen LogP contribution in [0.5, 0.6) is 0 Å². The Labute approximate surface area is 125 Å². The van der Waals surface area contributed by atoms with Crippen molar-refractivity contribution in [3.05, 3.63) is 41.2 Å². The predicted octanol–water partition coefficient (Wildman–Crippen LogP) is 2.48. The van der Waals surface area contributed by atoms with Crippen molar-refractivity contribution in [2.45, 2.75) is 18.9 Å². The van der Waals surface area contributed by atoms with E-state index in [1.165, 1.54) is 6.20 Å². The fourth-order valence-electron chi connectivity index (χ4n) is 2.37. The number of carboxylic acids is 1. The molecule has 1 unspecified atom stereocenters. The topological polar surface area (TPSA) is 79.3 Å². The Hall–Kier alpha value is -2.14. The van der Waals surface area contributed by atoms with Gasteiger partial charge in [-0.2, -0.15) is 0 Å². The molecule has 2 N–H and O–H groups in total. The first-order valence-electron chi connectivity index (χ1n) is 6.65. The first-order valence-corrected chi connectivity index (χ1v) is 7.02. The lowest BCUT2D eigenvalue weighted by molar-refractivity contribution is -0.139. The van der Waals surface area contributed by atoms with Gasteiger partial charge in [0, 0.05) is 11.6 Å². The molecule has 0 saturated heterocycles. The van der Waals surface area contributed by atoms with E-state index in [1.807, 2.05) is 6.07 Å². The quantitative estimate of drug-likeness (QED) is 0.851. The summed E-state index contributed by atoms with van der Waals surface area (Å²) in [7, 11) is 0. The molecule has 1 amide bonds. The van der Waals surface area contributed by atoms with Crippen molar-refractivity contribution in [3.8, 4) is 0 Å². The number of rotatable bonds is 4. The lowest BCUT2D eigenvalue weighted by atomic mass is 10.1. The van der Waals surface area contributed by atoms with Gasteiger partial charge in [0.25, 0.3) is 5.91 Å². The van der Waals surface area contributed by atoms with Crippen LogP contribution in [0.2, 0.25) is 5.15 Å². The second-order valence-corrected chi connectivity index (χ2v) is 5.49. The molecule has 1 fully saturated rings. The van der Waals surface area contributed by atoms with Gasteiger partial charge >= 0.3 is 5.97 Å². The molecule has 1 heterocycles. The summed E-state index contributed by atoms with van der Waals surface area (Å²) in [6, 6.07) is 6.31. The van der Waals surface area contributed by atoms with Gasteiger partial charge in [-0.25, -0.2) is 9.78 Å². The number of hydrogen-bond donors (Lipinski definition) is 2. The Morgan fingerprint density at radius 2 is 1.95 bits per heavy atom. The van der Waals surface area contributed by atoms with Crippen LogP contribution in [0.25, 0.3) is 10.8 Å². The van der Waals surface area contributed by atoms with Crippen LogP contribution in [0.15, 0.2) is 30.5 Å². The highest BCUT2D eigenvalue weighted by Gasteiger charge is 2.37. The third-order valence-electron chi connectivity index (χ3n) is 3.64. The molecule has 2 aromatic rings. The Balaban J connectivity index is 1.94. The molecular formula is C15H13ClN2O3. The summed E-state index contributed by atoms with van der Waals surface area (Å²) in [5.74, 6) is -1.41. The van der Waals surface area contributed by atoms with E-state index >= 15 is 0 Å². The zero-order valence-corrected chi connectivity index (χ0v) is 11.8. The molecule has 5 nitrogen and oxygen atoms in total. The third kappa shape index (κ3) is 2.69. The van der Waals surface area contributed by atoms with Crippen molar-refractivity contribution in [2.75, 3.05) is 0 Å². The van der Waals surface area contributed by atoms with E-state index in [4.69, 9.17) is 11.6 Å². The Morgan fingerprint density at radius 1 is 1.29 bits per heavy atom. The van der Waals surface area contributed by atoms with Gasteiger partial charge in [0.15, 0.2) is 0 Å². The fourth-order valence-corrected chi connectivity index (χ4v) is 2.58. The summed E-state index contributed by atoms with van der Waals surface area (Å²) in [6.07, 6.45) is 3.04. The number of nitrogens with one attached hydrogen (secondary N) is 1. The van der Waals surface area contributed by atoms with E-state index in [0.29, 0.717) is 21.5 Å². The van der Waals surface area contributed by atoms with E-state index in [1.54, 1.807) is 18.2 Å². The van der Waals surface area contributed by atoms with Crippen molar-refractivity contribution < 1.29 is 14.7 Å². The number of aromatic nitrogens is 1. The molecule has 1 saturated carbocycles. The number of hydrogen-bond acceptors (Lipinski definition) is 3. The summed E-state index contributed by atoms with van der Waals surface area (Å²) >= 11 is 6.01. The maximum Gasteiger partial charge on any atom is 0.326 e. The molecule has 21 heavy (non-hydrogen) atoms. The number of amides is 1. The number of carboxylic acid groups (broad SMARTS) is 1. The Kier molecular flexibility index (Phi) is 3.51. The minimum atomic E-state index is -1.00. The predicted molar refractivity (Wildman–Crippen MR) is 78.4 cm³/mol. The Morgan fingerprint density at radius 3 is 2.57 bits per heavy atom. The number of benzene rings is 1. The molecule has 1 atom stereocenters. The average Bonchev–Trinajstić information content (AvgIpc) is 3.29. The van der Waals surface area contributed by atoms with Crippen LogP contribution in [-0.2, 0) is 4.79 Å². The molecule has 1 aliphatic carbocycles. The monoisotopic (exact) mass is 304 g/mol. The van der Waals surface area contributed by atoms with E-state index in [0.717, 1.165) is 12.8 Å². The van der Waals surface area contributed by atoms with Crippen molar-refractivity contribution in [1.29, 1.82) is 0 Å². The van der Waals surface area contributed by atoms with Crippen LogP contribution in [0.3, 0.4) is 0 Å². The van der Waals surface area contributed by atoms with Crippen LogP contribution < -0.4 is 5.32 Å². The number of nitrogens with zero attached hydrogens (tertiary/aromatic N) is 1. The first kappa shape index (κ1) is 13.8. The molecule has 108 valence electrons. The zero-order valence-electron chi connectivity index (χ0n) is 11.0. The van der Waals surface area contributed by atoms with E-state index in [-0.39, 0.29) is 5.92 Å². The number of carbonyl (C=O) groups is 2. The number of aliphatic carboxylic acids is 1. The van der Waals surface area contributed by atoms with Gasteiger partial charge in [-0.05, 0) is 24.1 Å². The molecular weight excluding hydrogens is 292 g/mol. The second kappa shape index (κ2) is 5.33. The van der Waals surface area contributed by atoms with Gasteiger partial charge < -0.3 is 10.4 Å². The number of fused-ring (bicyclic) bond motifs is 1. The summed E-state index contributed by atoms with van der Waals surface area (Å²) in [6.45, 7) is 0. The fraction of sp³-hybridized carbons (Fsp3) is 0.267. The maximum absolute atomic E-state index is 12.4. The maximum atomic E-state index is 12.4. The van der Waals surface area contributed by atoms with Crippen LogP contribution in [0.4, 0.5) is 0 Å². The normalized spacial score (nSPS) is 15.7. The highest BCUT2D eigenvalue weighted by atomic mass is 35.5. The van der Waals surface area contributed by atoms with Gasteiger partial charge in [0.2, 0.25) is 0 Å². The van der Waals surface area contributed by atoms with Crippen molar-refractivity contribution in [2.24, 2.45) is 5.92 Å². The number of pyridine rings is 1. The number of halogens is 1. The average molecular weight is 305 g/mol. The first-order chi connectivity index (χ1) is 10.1. The summed E-state index contributed by atoms with van der Waals surface area (Å²) in [4.78, 5) is 27.6. The molecule has 6 heteroatoms. The minimum Gasteiger partial charge on any atom is -0.480 e. The van der Waals surface area contributed by atoms with Gasteiger partial charge in [0.1, 0.15) is 11.2 Å². The highest BCUT2D eigenvalue weighted by molar-refractivity contribution is 6.34. The minimum absolute atomic E-state index is 0.0259. The smallest absolute Gasteiger partial charge is 0.326 e. The van der Waals surface area contributed by atoms with Crippen LogP contribution in [0.1, 0.15) is 23.2 Å². The van der Waals surface area contributed by atoms with Crippen LogP contribution >= 0.6 is 11.6 Å². The molecule has 1 aromatic carbocycles. The molecule has 1 aromatic heterocycles. The van der Waals surface area contributed by atoms with Gasteiger partial charge in [0.05, 0.1) is 5.56 Å². The van der Waals surface area contributed by atoms with Gasteiger partial charge in [-0.15, -0.1) is 0 Å². The molecule has 0 bridgehead atoms. The van der Waals surface area contributed by atoms with Crippen molar-refractivity contribution in [1.82, 2.24) is 10.3 Å². The van der Waals surface area contributed by atoms with E-state index in [9.17, 15) is 14.7 Å². The van der Waals surface area contributed by atoms with Crippen LogP contribution in [0, 0.1) is 5.92 Å². The van der Waals surface area contributed by atoms with E-state index in [2.05, 4.69) is 10.3 Å². The Bertz CT molecular complexity index is 728. The zero-order chi connectivity index (χ0) is 15.0.